The number of methoxy groups -OCH3 is 1. The Kier molecular flexibility index (Phi) is 7.16. The quantitative estimate of drug-likeness (QED) is 0.139. The van der Waals surface area contributed by atoms with Gasteiger partial charge in [0, 0.05) is 11.6 Å². The second-order valence-electron chi connectivity index (χ2n) is 7.82. The molecule has 0 radical (unpaired) electrons. The van der Waals surface area contributed by atoms with Crippen molar-refractivity contribution in [2.24, 2.45) is 0 Å². The maximum absolute atomic E-state index is 12.9. The molecule has 1 fully saturated rings. The van der Waals surface area contributed by atoms with E-state index >= 15 is 0 Å². The predicted octanol–water partition coefficient (Wildman–Crippen LogP) is 5.37. The molecule has 1 aliphatic rings. The Morgan fingerprint density at radius 1 is 1.06 bits per heavy atom. The summed E-state index contributed by atoms with van der Waals surface area (Å²) in [6.45, 7) is 1.69. The van der Waals surface area contributed by atoms with Crippen LogP contribution in [0.25, 0.3) is 6.08 Å². The number of imide groups is 1. The molecule has 36 heavy (non-hydrogen) atoms. The molecule has 0 aromatic heterocycles. The Bertz CT molecular complexity index is 1400. The first kappa shape index (κ1) is 24.7. The van der Waals surface area contributed by atoms with Gasteiger partial charge in [-0.3, -0.25) is 24.6 Å². The van der Waals surface area contributed by atoms with E-state index in [4.69, 9.17) is 9.47 Å². The van der Waals surface area contributed by atoms with Crippen molar-refractivity contribution in [3.63, 3.8) is 0 Å². The first-order chi connectivity index (χ1) is 17.3. The fourth-order valence-corrected chi connectivity index (χ4v) is 4.33. The lowest BCUT2D eigenvalue weighted by Gasteiger charge is -2.12. The average Bonchev–Trinajstić information content (AvgIpc) is 3.12. The number of ether oxygens (including phenoxy) is 2. The zero-order valence-corrected chi connectivity index (χ0v) is 20.1. The number of aryl methyl sites for hydroxylation is 1. The van der Waals surface area contributed by atoms with Crippen molar-refractivity contribution in [3.05, 3.63) is 104 Å². The summed E-state index contributed by atoms with van der Waals surface area (Å²) >= 11 is 0.728. The summed E-state index contributed by atoms with van der Waals surface area (Å²) < 4.78 is 10.8. The topological polar surface area (TPSA) is 116 Å². The molecule has 0 unspecified atom stereocenters. The molecule has 4 rings (SSSR count). The Hall–Kier alpha value is -4.44. The zero-order valence-electron chi connectivity index (χ0n) is 19.3. The predicted molar refractivity (Wildman–Crippen MR) is 134 cm³/mol. The second kappa shape index (κ2) is 10.4. The number of hydrogen-bond donors (Lipinski definition) is 0. The molecule has 1 aliphatic heterocycles. The standard InChI is InChI=1S/C26H20N2O7S/c1-16-7-10-18(11-8-16)25(30)35-22-13-17(9-12-21(22)34-2)14-23-24(29)27(26(31)36-23)15-19-5-3-4-6-20(19)28(32)33/h3-14H,15H2,1-2H3/b23-14-. The summed E-state index contributed by atoms with van der Waals surface area (Å²) in [4.78, 5) is 49.9. The molecule has 3 aromatic rings. The maximum Gasteiger partial charge on any atom is 0.343 e. The van der Waals surface area contributed by atoms with E-state index in [0.29, 0.717) is 16.9 Å². The van der Waals surface area contributed by atoms with Gasteiger partial charge in [-0.05, 0) is 54.6 Å². The second-order valence-corrected chi connectivity index (χ2v) is 8.81. The highest BCUT2D eigenvalue weighted by molar-refractivity contribution is 8.18. The van der Waals surface area contributed by atoms with Crippen LogP contribution < -0.4 is 9.47 Å². The molecule has 0 saturated carbocycles. The molecule has 0 N–H and O–H groups in total. The van der Waals surface area contributed by atoms with Crippen LogP contribution in [0, 0.1) is 17.0 Å². The van der Waals surface area contributed by atoms with Crippen molar-refractivity contribution >= 4 is 40.6 Å². The molecule has 0 spiro atoms. The zero-order chi connectivity index (χ0) is 25.8. The molecule has 182 valence electrons. The Morgan fingerprint density at radius 3 is 2.47 bits per heavy atom. The van der Waals surface area contributed by atoms with E-state index in [1.54, 1.807) is 42.5 Å². The largest absolute Gasteiger partial charge is 0.493 e. The lowest BCUT2D eigenvalue weighted by Crippen LogP contribution is -2.27. The monoisotopic (exact) mass is 504 g/mol. The van der Waals surface area contributed by atoms with Crippen LogP contribution in [0.2, 0.25) is 0 Å². The Morgan fingerprint density at radius 2 is 1.78 bits per heavy atom. The van der Waals surface area contributed by atoms with Gasteiger partial charge in [0.2, 0.25) is 0 Å². The first-order valence-corrected chi connectivity index (χ1v) is 11.5. The third-order valence-electron chi connectivity index (χ3n) is 5.37. The number of carbonyl (C=O) groups is 3. The van der Waals surface area contributed by atoms with Gasteiger partial charge in [0.1, 0.15) is 0 Å². The summed E-state index contributed by atoms with van der Waals surface area (Å²) in [7, 11) is 1.44. The fourth-order valence-electron chi connectivity index (χ4n) is 3.49. The minimum atomic E-state index is -0.574. The van der Waals surface area contributed by atoms with E-state index < -0.39 is 22.0 Å². The van der Waals surface area contributed by atoms with Gasteiger partial charge in [-0.25, -0.2) is 4.79 Å². The number of rotatable bonds is 7. The van der Waals surface area contributed by atoms with Gasteiger partial charge in [0.25, 0.3) is 16.8 Å². The highest BCUT2D eigenvalue weighted by Crippen LogP contribution is 2.36. The molecule has 0 aliphatic carbocycles. The smallest absolute Gasteiger partial charge is 0.343 e. The number of amides is 2. The van der Waals surface area contributed by atoms with Crippen LogP contribution >= 0.6 is 11.8 Å². The van der Waals surface area contributed by atoms with Crippen molar-refractivity contribution < 1.29 is 28.8 Å². The van der Waals surface area contributed by atoms with Gasteiger partial charge in [-0.15, -0.1) is 0 Å². The van der Waals surface area contributed by atoms with Gasteiger partial charge in [-0.1, -0.05) is 42.0 Å². The van der Waals surface area contributed by atoms with Gasteiger partial charge in [0.15, 0.2) is 11.5 Å². The summed E-state index contributed by atoms with van der Waals surface area (Å²) in [5, 5.41) is 10.7. The molecule has 2 amide bonds. The molecule has 10 heteroatoms. The van der Waals surface area contributed by atoms with Crippen LogP contribution in [-0.2, 0) is 11.3 Å². The van der Waals surface area contributed by atoms with E-state index in [1.165, 1.54) is 37.5 Å². The minimum Gasteiger partial charge on any atom is -0.493 e. The molecule has 1 heterocycles. The molecule has 0 bridgehead atoms. The lowest BCUT2D eigenvalue weighted by molar-refractivity contribution is -0.385. The number of thioether (sulfide) groups is 1. The van der Waals surface area contributed by atoms with Crippen LogP contribution in [0.15, 0.2) is 71.6 Å². The number of nitro groups is 1. The molecule has 9 nitrogen and oxygen atoms in total. The molecule has 3 aromatic carbocycles. The molecule has 1 saturated heterocycles. The number of nitro benzene ring substituents is 1. The van der Waals surface area contributed by atoms with Crippen LogP contribution in [0.1, 0.15) is 27.0 Å². The number of benzene rings is 3. The number of esters is 1. The van der Waals surface area contributed by atoms with Gasteiger partial charge >= 0.3 is 5.97 Å². The van der Waals surface area contributed by atoms with Crippen LogP contribution in [0.3, 0.4) is 0 Å². The third kappa shape index (κ3) is 5.28. The number of carbonyl (C=O) groups excluding carboxylic acids is 3. The van der Waals surface area contributed by atoms with Crippen molar-refractivity contribution in [2.75, 3.05) is 7.11 Å². The molecular formula is C26H20N2O7S. The maximum atomic E-state index is 12.9. The van der Waals surface area contributed by atoms with E-state index in [9.17, 15) is 24.5 Å². The van der Waals surface area contributed by atoms with Crippen LogP contribution in [0.5, 0.6) is 11.5 Å². The minimum absolute atomic E-state index is 0.138. The lowest BCUT2D eigenvalue weighted by atomic mass is 10.1. The Balaban J connectivity index is 1.57. The van der Waals surface area contributed by atoms with Crippen LogP contribution in [-0.4, -0.2) is 34.0 Å². The summed E-state index contributed by atoms with van der Waals surface area (Å²) in [6.07, 6.45) is 1.49. The van der Waals surface area contributed by atoms with Crippen molar-refractivity contribution in [3.8, 4) is 11.5 Å². The van der Waals surface area contributed by atoms with Gasteiger partial charge in [-0.2, -0.15) is 0 Å². The molecular weight excluding hydrogens is 484 g/mol. The van der Waals surface area contributed by atoms with Gasteiger partial charge < -0.3 is 9.47 Å². The first-order valence-electron chi connectivity index (χ1n) is 10.7. The fraction of sp³-hybridized carbons (Fsp3) is 0.115. The number of para-hydroxylation sites is 1. The number of hydrogen-bond acceptors (Lipinski definition) is 8. The normalized spacial score (nSPS) is 14.3. The molecule has 0 atom stereocenters. The van der Waals surface area contributed by atoms with Crippen LogP contribution in [0.4, 0.5) is 10.5 Å². The van der Waals surface area contributed by atoms with Gasteiger partial charge in [0.05, 0.1) is 29.0 Å². The SMILES string of the molecule is COc1ccc(/C=C2\SC(=O)N(Cc3ccccc3[N+](=O)[O-])C2=O)cc1OC(=O)c1ccc(C)cc1. The van der Waals surface area contributed by atoms with E-state index in [-0.39, 0.29) is 28.5 Å². The highest BCUT2D eigenvalue weighted by Gasteiger charge is 2.36. The summed E-state index contributed by atoms with van der Waals surface area (Å²) in [5.41, 5.74) is 1.95. The van der Waals surface area contributed by atoms with Crippen molar-refractivity contribution in [2.45, 2.75) is 13.5 Å². The number of nitrogens with zero attached hydrogens (tertiary/aromatic N) is 2. The highest BCUT2D eigenvalue weighted by atomic mass is 32.2. The Labute approximate surface area is 210 Å². The van der Waals surface area contributed by atoms with E-state index in [2.05, 4.69) is 0 Å². The average molecular weight is 505 g/mol. The van der Waals surface area contributed by atoms with Crippen molar-refractivity contribution in [1.82, 2.24) is 4.90 Å². The van der Waals surface area contributed by atoms with Crippen molar-refractivity contribution in [1.29, 1.82) is 0 Å². The van der Waals surface area contributed by atoms with E-state index in [0.717, 1.165) is 22.2 Å². The summed E-state index contributed by atoms with van der Waals surface area (Å²) in [5.74, 6) is -0.680. The van der Waals surface area contributed by atoms with E-state index in [1.807, 2.05) is 6.92 Å². The third-order valence-corrected chi connectivity index (χ3v) is 6.27. The summed E-state index contributed by atoms with van der Waals surface area (Å²) in [6, 6.07) is 17.6.